The highest BCUT2D eigenvalue weighted by Gasteiger charge is 2.26. The molecule has 1 aliphatic rings. The fourth-order valence-corrected chi connectivity index (χ4v) is 3.65. The summed E-state index contributed by atoms with van der Waals surface area (Å²) in [7, 11) is 0. The van der Waals surface area contributed by atoms with Gasteiger partial charge in [0.05, 0.1) is 5.56 Å². The van der Waals surface area contributed by atoms with Crippen LogP contribution in [-0.4, -0.2) is 46.7 Å². The first kappa shape index (κ1) is 17.7. The number of rotatable bonds is 5. The van der Waals surface area contributed by atoms with Gasteiger partial charge < -0.3 is 14.7 Å². The Bertz CT molecular complexity index is 739. The summed E-state index contributed by atoms with van der Waals surface area (Å²) in [4.78, 5) is 15.0. The van der Waals surface area contributed by atoms with Gasteiger partial charge in [-0.25, -0.2) is 0 Å². The molecule has 1 aliphatic heterocycles. The molecule has 0 aromatic carbocycles. The molecule has 1 N–H and O–H groups in total. The van der Waals surface area contributed by atoms with Crippen molar-refractivity contribution in [2.75, 3.05) is 26.2 Å². The van der Waals surface area contributed by atoms with Gasteiger partial charge in [-0.05, 0) is 58.7 Å². The zero-order valence-electron chi connectivity index (χ0n) is 15.6. The summed E-state index contributed by atoms with van der Waals surface area (Å²) in [5, 5.41) is 7.50. The molecule has 2 aromatic rings. The molecule has 0 atom stereocenters. The molecular weight excluding hydrogens is 316 g/mol. The van der Waals surface area contributed by atoms with E-state index in [-0.39, 0.29) is 5.91 Å². The van der Waals surface area contributed by atoms with E-state index in [1.165, 1.54) is 0 Å². The first-order chi connectivity index (χ1) is 12.0. The van der Waals surface area contributed by atoms with Gasteiger partial charge in [-0.1, -0.05) is 12.1 Å². The summed E-state index contributed by atoms with van der Waals surface area (Å²) in [6.45, 7) is 11.7. The average molecular weight is 344 g/mol. The Balaban J connectivity index is 1.73. The summed E-state index contributed by atoms with van der Waals surface area (Å²) in [6.07, 6.45) is 2.14. The van der Waals surface area contributed by atoms with Crippen molar-refractivity contribution in [1.29, 1.82) is 0 Å². The van der Waals surface area contributed by atoms with Gasteiger partial charge in [0.15, 0.2) is 5.82 Å². The summed E-state index contributed by atoms with van der Waals surface area (Å²) in [5.41, 5.74) is 2.69. The third kappa shape index (κ3) is 3.63. The maximum absolute atomic E-state index is 13.0. The van der Waals surface area contributed by atoms with E-state index in [2.05, 4.69) is 17.4 Å². The molecular formula is C19H28N4O2. The van der Waals surface area contributed by atoms with Crippen molar-refractivity contribution < 1.29 is 9.32 Å². The van der Waals surface area contributed by atoms with E-state index in [0.29, 0.717) is 5.92 Å². The number of likely N-dealkylation sites (tertiary alicyclic amines) is 1. The molecule has 6 nitrogen and oxygen atoms in total. The SMILES string of the molecule is CCNCC1CCN(C(=O)c2cc(C)n(-c3cc(C)on3)c2C)CC1. The minimum atomic E-state index is 0.126. The van der Waals surface area contributed by atoms with Gasteiger partial charge in [0, 0.05) is 30.5 Å². The monoisotopic (exact) mass is 344 g/mol. The standard InChI is InChI=1S/C19H28N4O2/c1-5-20-12-16-6-8-22(9-7-16)19(24)17-10-13(2)23(15(17)4)18-11-14(3)25-21-18/h10-11,16,20H,5-9,12H2,1-4H3. The zero-order chi connectivity index (χ0) is 18.0. The minimum absolute atomic E-state index is 0.126. The molecule has 25 heavy (non-hydrogen) atoms. The van der Waals surface area contributed by atoms with Crippen LogP contribution in [0.5, 0.6) is 0 Å². The van der Waals surface area contributed by atoms with Crippen LogP contribution in [0, 0.1) is 26.7 Å². The normalized spacial score (nSPS) is 15.8. The quantitative estimate of drug-likeness (QED) is 0.906. The van der Waals surface area contributed by atoms with Crippen LogP contribution >= 0.6 is 0 Å². The predicted octanol–water partition coefficient (Wildman–Crippen LogP) is 2.85. The van der Waals surface area contributed by atoms with Crippen LogP contribution in [0.3, 0.4) is 0 Å². The number of hydrogen-bond donors (Lipinski definition) is 1. The molecule has 0 aliphatic carbocycles. The van der Waals surface area contributed by atoms with Gasteiger partial charge in [0.25, 0.3) is 5.91 Å². The average Bonchev–Trinajstić information content (AvgIpc) is 3.15. The molecule has 0 saturated carbocycles. The van der Waals surface area contributed by atoms with Crippen LogP contribution in [-0.2, 0) is 0 Å². The third-order valence-electron chi connectivity index (χ3n) is 5.09. The fraction of sp³-hybridized carbons (Fsp3) is 0.579. The lowest BCUT2D eigenvalue weighted by atomic mass is 9.96. The highest BCUT2D eigenvalue weighted by atomic mass is 16.5. The van der Waals surface area contributed by atoms with E-state index in [9.17, 15) is 4.79 Å². The van der Waals surface area contributed by atoms with Crippen molar-refractivity contribution in [3.63, 3.8) is 0 Å². The number of aryl methyl sites for hydroxylation is 2. The molecule has 0 spiro atoms. The molecule has 0 radical (unpaired) electrons. The van der Waals surface area contributed by atoms with Crippen molar-refractivity contribution in [2.24, 2.45) is 5.92 Å². The van der Waals surface area contributed by atoms with Crippen LogP contribution in [0.1, 0.15) is 47.3 Å². The van der Waals surface area contributed by atoms with Gasteiger partial charge in [0.1, 0.15) is 5.76 Å². The highest BCUT2D eigenvalue weighted by Crippen LogP contribution is 2.24. The van der Waals surface area contributed by atoms with Gasteiger partial charge in [-0.2, -0.15) is 0 Å². The van der Waals surface area contributed by atoms with E-state index in [1.807, 2.05) is 42.4 Å². The Kier molecular flexibility index (Phi) is 5.27. The van der Waals surface area contributed by atoms with Crippen LogP contribution in [0.25, 0.3) is 5.82 Å². The number of nitrogens with one attached hydrogen (secondary N) is 1. The third-order valence-corrected chi connectivity index (χ3v) is 5.09. The fourth-order valence-electron chi connectivity index (χ4n) is 3.65. The maximum atomic E-state index is 13.0. The van der Waals surface area contributed by atoms with Gasteiger partial charge in [-0.3, -0.25) is 9.36 Å². The molecule has 3 rings (SSSR count). The number of carbonyl (C=O) groups is 1. The Morgan fingerprint density at radius 3 is 2.60 bits per heavy atom. The molecule has 136 valence electrons. The smallest absolute Gasteiger partial charge is 0.255 e. The van der Waals surface area contributed by atoms with Crippen LogP contribution in [0.2, 0.25) is 0 Å². The summed E-state index contributed by atoms with van der Waals surface area (Å²) in [6, 6.07) is 3.85. The Labute approximate surface area is 149 Å². The summed E-state index contributed by atoms with van der Waals surface area (Å²) < 4.78 is 7.17. The van der Waals surface area contributed by atoms with Crippen molar-refractivity contribution in [2.45, 2.75) is 40.5 Å². The number of aromatic nitrogens is 2. The molecule has 1 fully saturated rings. The molecule has 0 unspecified atom stereocenters. The first-order valence-corrected chi connectivity index (χ1v) is 9.13. The number of hydrogen-bond acceptors (Lipinski definition) is 4. The number of amides is 1. The van der Waals surface area contributed by atoms with Crippen LogP contribution < -0.4 is 5.32 Å². The number of nitrogens with zero attached hydrogens (tertiary/aromatic N) is 3. The van der Waals surface area contributed by atoms with Crippen molar-refractivity contribution in [3.8, 4) is 5.82 Å². The largest absolute Gasteiger partial charge is 0.360 e. The zero-order valence-corrected chi connectivity index (χ0v) is 15.6. The molecule has 1 amide bonds. The van der Waals surface area contributed by atoms with E-state index in [0.717, 1.165) is 67.6 Å². The molecule has 3 heterocycles. The Morgan fingerprint density at radius 1 is 1.28 bits per heavy atom. The minimum Gasteiger partial charge on any atom is -0.360 e. The summed E-state index contributed by atoms with van der Waals surface area (Å²) >= 11 is 0. The van der Waals surface area contributed by atoms with Gasteiger partial charge in [0.2, 0.25) is 0 Å². The highest BCUT2D eigenvalue weighted by molar-refractivity contribution is 5.96. The second-order valence-electron chi connectivity index (χ2n) is 6.96. The Morgan fingerprint density at radius 2 is 2.00 bits per heavy atom. The lowest BCUT2D eigenvalue weighted by molar-refractivity contribution is 0.0689. The van der Waals surface area contributed by atoms with Gasteiger partial charge >= 0.3 is 0 Å². The van der Waals surface area contributed by atoms with Crippen LogP contribution in [0.4, 0.5) is 0 Å². The van der Waals surface area contributed by atoms with E-state index >= 15 is 0 Å². The van der Waals surface area contributed by atoms with E-state index in [1.54, 1.807) is 0 Å². The van der Waals surface area contributed by atoms with Crippen LogP contribution in [0.15, 0.2) is 16.7 Å². The molecule has 6 heteroatoms. The molecule has 0 bridgehead atoms. The molecule has 1 saturated heterocycles. The second kappa shape index (κ2) is 7.44. The van der Waals surface area contributed by atoms with E-state index in [4.69, 9.17) is 4.52 Å². The second-order valence-corrected chi connectivity index (χ2v) is 6.96. The number of piperidine rings is 1. The maximum Gasteiger partial charge on any atom is 0.255 e. The van der Waals surface area contributed by atoms with Crippen molar-refractivity contribution >= 4 is 5.91 Å². The van der Waals surface area contributed by atoms with Gasteiger partial charge in [-0.15, -0.1) is 0 Å². The summed E-state index contributed by atoms with van der Waals surface area (Å²) in [5.74, 6) is 2.30. The molecule has 2 aromatic heterocycles. The van der Waals surface area contributed by atoms with Crippen molar-refractivity contribution in [3.05, 3.63) is 34.8 Å². The van der Waals surface area contributed by atoms with E-state index < -0.39 is 0 Å². The van der Waals surface area contributed by atoms with Crippen molar-refractivity contribution in [1.82, 2.24) is 19.9 Å². The first-order valence-electron chi connectivity index (χ1n) is 9.13. The topological polar surface area (TPSA) is 63.3 Å². The number of carbonyl (C=O) groups excluding carboxylic acids is 1. The lowest BCUT2D eigenvalue weighted by Crippen LogP contribution is -2.40. The Hall–Kier alpha value is -2.08. The lowest BCUT2D eigenvalue weighted by Gasteiger charge is -2.32. The predicted molar refractivity (Wildman–Crippen MR) is 97.2 cm³/mol.